The molecule has 2 aromatic rings. The Balaban J connectivity index is 2.26. The van der Waals surface area contributed by atoms with E-state index in [1.165, 1.54) is 11.4 Å². The molecular weight excluding hydrogens is 310 g/mol. The molecule has 21 heavy (non-hydrogen) atoms. The summed E-state index contributed by atoms with van der Waals surface area (Å²) >= 11 is 0.980. The molecule has 1 aromatic carbocycles. The highest BCUT2D eigenvalue weighted by molar-refractivity contribution is 7.91. The Morgan fingerprint density at radius 2 is 2.14 bits per heavy atom. The van der Waals surface area contributed by atoms with E-state index in [0.29, 0.717) is 11.4 Å². The van der Waals surface area contributed by atoms with Crippen LogP contribution in [0, 0.1) is 6.92 Å². The highest BCUT2D eigenvalue weighted by atomic mass is 32.2. The van der Waals surface area contributed by atoms with Gasteiger partial charge in [0.2, 0.25) is 0 Å². The minimum Gasteiger partial charge on any atom is -0.497 e. The number of hydrogen-bond donors (Lipinski definition) is 1. The summed E-state index contributed by atoms with van der Waals surface area (Å²) in [5, 5.41) is 0.251. The van der Waals surface area contributed by atoms with Crippen LogP contribution in [0.5, 0.6) is 5.75 Å². The number of nitrogen functional groups attached to an aromatic ring is 1. The molecule has 0 aliphatic carbocycles. The van der Waals surface area contributed by atoms with Gasteiger partial charge in [-0.25, -0.2) is 13.4 Å². The molecule has 8 heteroatoms. The first kappa shape index (κ1) is 15.7. The van der Waals surface area contributed by atoms with E-state index in [2.05, 4.69) is 4.98 Å². The number of rotatable bonds is 5. The molecular formula is C13H17N3O3S2. The van der Waals surface area contributed by atoms with E-state index in [-0.39, 0.29) is 15.9 Å². The van der Waals surface area contributed by atoms with Crippen molar-refractivity contribution >= 4 is 26.5 Å². The van der Waals surface area contributed by atoms with Crippen LogP contribution in [0.1, 0.15) is 11.3 Å². The Hall–Kier alpha value is -1.64. The second-order valence-corrected chi connectivity index (χ2v) is 7.81. The van der Waals surface area contributed by atoms with Crippen LogP contribution in [0.25, 0.3) is 0 Å². The first-order valence-corrected chi connectivity index (χ1v) is 8.42. The number of hydrogen-bond acceptors (Lipinski definition) is 6. The van der Waals surface area contributed by atoms with Gasteiger partial charge in [0, 0.05) is 13.6 Å². The molecule has 0 spiro atoms. The van der Waals surface area contributed by atoms with Gasteiger partial charge in [-0.15, -0.1) is 0 Å². The van der Waals surface area contributed by atoms with Gasteiger partial charge in [-0.1, -0.05) is 23.5 Å². The number of nitrogens with zero attached hydrogens (tertiary/aromatic N) is 2. The molecule has 2 rings (SSSR count). The fourth-order valence-corrected chi connectivity index (χ4v) is 4.54. The number of ether oxygens (including phenoxy) is 1. The Bertz CT molecular complexity index is 741. The lowest BCUT2D eigenvalue weighted by Crippen LogP contribution is -2.26. The molecule has 0 fully saturated rings. The Morgan fingerprint density at radius 3 is 2.71 bits per heavy atom. The summed E-state index contributed by atoms with van der Waals surface area (Å²) in [4.78, 5) is 3.96. The zero-order valence-corrected chi connectivity index (χ0v) is 13.7. The van der Waals surface area contributed by atoms with Gasteiger partial charge in [-0.05, 0) is 24.6 Å². The molecule has 0 aliphatic heterocycles. The van der Waals surface area contributed by atoms with Crippen molar-refractivity contribution < 1.29 is 13.2 Å². The third-order valence-corrected chi connectivity index (χ3v) is 6.33. The van der Waals surface area contributed by atoms with Gasteiger partial charge in [0.25, 0.3) is 10.0 Å². The molecule has 0 radical (unpaired) electrons. The standard InChI is InChI=1S/C13H17N3O3S2/c1-9-12(20-13(14)15-9)21(17,18)16(2)8-10-5-4-6-11(7-10)19-3/h4-7H,8H2,1-3H3,(H2,14,15). The summed E-state index contributed by atoms with van der Waals surface area (Å²) in [6, 6.07) is 7.29. The Labute approximate surface area is 128 Å². The maximum Gasteiger partial charge on any atom is 0.254 e. The van der Waals surface area contributed by atoms with Gasteiger partial charge < -0.3 is 10.5 Å². The highest BCUT2D eigenvalue weighted by Crippen LogP contribution is 2.28. The summed E-state index contributed by atoms with van der Waals surface area (Å²) in [7, 11) is -0.494. The maximum absolute atomic E-state index is 12.5. The molecule has 6 nitrogen and oxygen atoms in total. The second-order valence-electron chi connectivity index (χ2n) is 4.54. The largest absolute Gasteiger partial charge is 0.497 e. The van der Waals surface area contributed by atoms with Gasteiger partial charge in [0.15, 0.2) is 9.34 Å². The average molecular weight is 327 g/mol. The maximum atomic E-state index is 12.5. The van der Waals surface area contributed by atoms with Crippen molar-refractivity contribution in [2.45, 2.75) is 17.7 Å². The van der Waals surface area contributed by atoms with E-state index in [1.54, 1.807) is 20.1 Å². The predicted molar refractivity (Wildman–Crippen MR) is 82.9 cm³/mol. The van der Waals surface area contributed by atoms with Crippen molar-refractivity contribution in [2.24, 2.45) is 0 Å². The van der Waals surface area contributed by atoms with Crippen molar-refractivity contribution in [3.63, 3.8) is 0 Å². The van der Waals surface area contributed by atoms with Crippen LogP contribution in [-0.2, 0) is 16.6 Å². The van der Waals surface area contributed by atoms with Crippen molar-refractivity contribution in [3.05, 3.63) is 35.5 Å². The Morgan fingerprint density at radius 1 is 1.43 bits per heavy atom. The number of aromatic nitrogens is 1. The monoisotopic (exact) mass is 327 g/mol. The predicted octanol–water partition coefficient (Wildman–Crippen LogP) is 1.86. The minimum atomic E-state index is -3.60. The molecule has 0 amide bonds. The Kier molecular flexibility index (Phi) is 4.50. The number of thiazole rings is 1. The quantitative estimate of drug-likeness (QED) is 0.906. The molecule has 114 valence electrons. The van der Waals surface area contributed by atoms with E-state index in [4.69, 9.17) is 10.5 Å². The number of methoxy groups -OCH3 is 1. The summed E-state index contributed by atoms with van der Waals surface area (Å²) in [6.07, 6.45) is 0. The summed E-state index contributed by atoms with van der Waals surface area (Å²) in [5.41, 5.74) is 6.84. The van der Waals surface area contributed by atoms with Crippen molar-refractivity contribution in [3.8, 4) is 5.75 Å². The minimum absolute atomic E-state index is 0.186. The van der Waals surface area contributed by atoms with Gasteiger partial charge in [-0.3, -0.25) is 0 Å². The molecule has 1 aromatic heterocycles. The molecule has 1 heterocycles. The van der Waals surface area contributed by atoms with E-state index in [9.17, 15) is 8.42 Å². The SMILES string of the molecule is COc1cccc(CN(C)S(=O)(=O)c2sc(N)nc2C)c1. The summed E-state index contributed by atoms with van der Waals surface area (Å²) < 4.78 is 31.7. The van der Waals surface area contributed by atoms with Gasteiger partial charge in [0.1, 0.15) is 5.75 Å². The first-order chi connectivity index (χ1) is 9.84. The lowest BCUT2D eigenvalue weighted by atomic mass is 10.2. The highest BCUT2D eigenvalue weighted by Gasteiger charge is 2.26. The van der Waals surface area contributed by atoms with Crippen LogP contribution >= 0.6 is 11.3 Å². The van der Waals surface area contributed by atoms with Crippen LogP contribution in [0.4, 0.5) is 5.13 Å². The van der Waals surface area contributed by atoms with Crippen LogP contribution in [0.3, 0.4) is 0 Å². The van der Waals surface area contributed by atoms with Crippen LogP contribution in [0.15, 0.2) is 28.5 Å². The third kappa shape index (κ3) is 3.34. The number of aryl methyl sites for hydroxylation is 1. The van der Waals surface area contributed by atoms with E-state index in [1.807, 2.05) is 18.2 Å². The van der Waals surface area contributed by atoms with Gasteiger partial charge in [-0.2, -0.15) is 4.31 Å². The van der Waals surface area contributed by atoms with Gasteiger partial charge >= 0.3 is 0 Å². The summed E-state index contributed by atoms with van der Waals surface area (Å²) in [6.45, 7) is 1.88. The normalized spacial score (nSPS) is 11.8. The van der Waals surface area contributed by atoms with Crippen molar-refractivity contribution in [1.82, 2.24) is 9.29 Å². The number of nitrogens with two attached hydrogens (primary N) is 1. The zero-order valence-electron chi connectivity index (χ0n) is 12.0. The fraction of sp³-hybridized carbons (Fsp3) is 0.308. The molecule has 0 saturated carbocycles. The average Bonchev–Trinajstić information content (AvgIpc) is 2.78. The lowest BCUT2D eigenvalue weighted by molar-refractivity contribution is 0.412. The van der Waals surface area contributed by atoms with Crippen molar-refractivity contribution in [1.29, 1.82) is 0 Å². The van der Waals surface area contributed by atoms with Crippen molar-refractivity contribution in [2.75, 3.05) is 19.9 Å². The zero-order chi connectivity index (χ0) is 15.6. The molecule has 0 atom stereocenters. The number of benzene rings is 1. The smallest absolute Gasteiger partial charge is 0.254 e. The van der Waals surface area contributed by atoms with E-state index < -0.39 is 10.0 Å². The molecule has 0 unspecified atom stereocenters. The molecule has 0 bridgehead atoms. The topological polar surface area (TPSA) is 85.5 Å². The molecule has 2 N–H and O–H groups in total. The molecule has 0 saturated heterocycles. The second kappa shape index (κ2) is 6.00. The third-order valence-electron chi connectivity index (χ3n) is 2.95. The fourth-order valence-electron chi connectivity index (χ4n) is 1.90. The van der Waals surface area contributed by atoms with Gasteiger partial charge in [0.05, 0.1) is 12.8 Å². The van der Waals surface area contributed by atoms with Crippen LogP contribution in [-0.4, -0.2) is 31.9 Å². The van der Waals surface area contributed by atoms with E-state index in [0.717, 1.165) is 16.9 Å². The number of sulfonamides is 1. The lowest BCUT2D eigenvalue weighted by Gasteiger charge is -2.16. The van der Waals surface area contributed by atoms with Crippen LogP contribution < -0.4 is 10.5 Å². The summed E-state index contributed by atoms with van der Waals surface area (Å²) in [5.74, 6) is 0.691. The first-order valence-electron chi connectivity index (χ1n) is 6.16. The number of anilines is 1. The van der Waals surface area contributed by atoms with E-state index >= 15 is 0 Å². The van der Waals surface area contributed by atoms with Crippen LogP contribution in [0.2, 0.25) is 0 Å². The molecule has 0 aliphatic rings.